The van der Waals surface area contributed by atoms with Crippen molar-refractivity contribution >= 4 is 34.0 Å². The predicted octanol–water partition coefficient (Wildman–Crippen LogP) is 4.72. The molecule has 1 aromatic heterocycles. The van der Waals surface area contributed by atoms with E-state index >= 15 is 0 Å². The van der Waals surface area contributed by atoms with Crippen LogP contribution >= 0.6 is 0 Å². The SMILES string of the molecule is C[C@@H](NC(=O)c1ccc(Nc2ccccc2)c([N+](=O)[O-])c1)c1nc2ccccc2n1C. The molecule has 0 saturated heterocycles. The Morgan fingerprint density at radius 3 is 2.48 bits per heavy atom. The number of imidazole rings is 1. The first kappa shape index (κ1) is 20.1. The summed E-state index contributed by atoms with van der Waals surface area (Å²) in [5.74, 6) is 0.292. The van der Waals surface area contributed by atoms with Crippen LogP contribution in [0.5, 0.6) is 0 Å². The van der Waals surface area contributed by atoms with E-state index in [9.17, 15) is 14.9 Å². The maximum absolute atomic E-state index is 12.8. The number of carbonyl (C=O) groups excluding carboxylic acids is 1. The number of carbonyl (C=O) groups is 1. The Balaban J connectivity index is 1.57. The summed E-state index contributed by atoms with van der Waals surface area (Å²) < 4.78 is 1.93. The van der Waals surface area contributed by atoms with Gasteiger partial charge in [-0.1, -0.05) is 30.3 Å². The molecular weight excluding hydrogens is 394 g/mol. The summed E-state index contributed by atoms with van der Waals surface area (Å²) in [5, 5.41) is 17.5. The maximum atomic E-state index is 12.8. The van der Waals surface area contributed by atoms with Crippen LogP contribution < -0.4 is 10.6 Å². The number of nitrogens with zero attached hydrogens (tertiary/aromatic N) is 3. The molecule has 4 aromatic rings. The van der Waals surface area contributed by atoms with Crippen molar-refractivity contribution in [1.82, 2.24) is 14.9 Å². The van der Waals surface area contributed by atoms with Crippen LogP contribution in [-0.2, 0) is 7.05 Å². The molecule has 3 aromatic carbocycles. The zero-order chi connectivity index (χ0) is 22.0. The van der Waals surface area contributed by atoms with Crippen molar-refractivity contribution in [2.45, 2.75) is 13.0 Å². The fraction of sp³-hybridized carbons (Fsp3) is 0.130. The number of hydrogen-bond acceptors (Lipinski definition) is 5. The van der Waals surface area contributed by atoms with E-state index in [1.54, 1.807) is 12.1 Å². The number of para-hydroxylation sites is 3. The smallest absolute Gasteiger partial charge is 0.293 e. The lowest BCUT2D eigenvalue weighted by molar-refractivity contribution is -0.383. The fourth-order valence-corrected chi connectivity index (χ4v) is 3.50. The second-order valence-electron chi connectivity index (χ2n) is 7.19. The number of nitrogens with one attached hydrogen (secondary N) is 2. The topological polar surface area (TPSA) is 102 Å². The molecule has 0 saturated carbocycles. The van der Waals surface area contributed by atoms with Gasteiger partial charge in [0, 0.05) is 24.4 Å². The molecule has 0 aliphatic rings. The summed E-state index contributed by atoms with van der Waals surface area (Å²) in [6, 6.07) is 20.9. The summed E-state index contributed by atoms with van der Waals surface area (Å²) >= 11 is 0. The van der Waals surface area contributed by atoms with Crippen LogP contribution in [-0.4, -0.2) is 20.4 Å². The van der Waals surface area contributed by atoms with Crippen LogP contribution in [0.25, 0.3) is 11.0 Å². The largest absolute Gasteiger partial charge is 0.350 e. The van der Waals surface area contributed by atoms with E-state index in [4.69, 9.17) is 0 Å². The molecule has 0 unspecified atom stereocenters. The number of aromatic nitrogens is 2. The Labute approximate surface area is 178 Å². The first-order valence-corrected chi connectivity index (χ1v) is 9.77. The van der Waals surface area contributed by atoms with E-state index in [1.807, 2.05) is 73.1 Å². The number of aryl methyl sites for hydroxylation is 1. The molecule has 1 heterocycles. The zero-order valence-electron chi connectivity index (χ0n) is 17.1. The molecule has 8 heteroatoms. The molecule has 0 aliphatic carbocycles. The number of anilines is 2. The number of rotatable bonds is 6. The molecule has 0 fully saturated rings. The number of fused-ring (bicyclic) bond motifs is 1. The van der Waals surface area contributed by atoms with Gasteiger partial charge in [0.25, 0.3) is 11.6 Å². The Morgan fingerprint density at radius 2 is 1.77 bits per heavy atom. The van der Waals surface area contributed by atoms with Crippen molar-refractivity contribution in [2.75, 3.05) is 5.32 Å². The molecule has 2 N–H and O–H groups in total. The van der Waals surface area contributed by atoms with E-state index in [0.29, 0.717) is 11.5 Å². The second-order valence-corrected chi connectivity index (χ2v) is 7.19. The van der Waals surface area contributed by atoms with Crippen molar-refractivity contribution in [3.05, 3.63) is 94.3 Å². The van der Waals surface area contributed by atoms with Gasteiger partial charge in [-0.25, -0.2) is 4.98 Å². The molecule has 0 bridgehead atoms. The summed E-state index contributed by atoms with van der Waals surface area (Å²) in [4.78, 5) is 28.5. The first-order chi connectivity index (χ1) is 14.9. The third-order valence-corrected chi connectivity index (χ3v) is 5.07. The number of nitro benzene ring substituents is 1. The average molecular weight is 415 g/mol. The van der Waals surface area contributed by atoms with Gasteiger partial charge in [0.1, 0.15) is 11.5 Å². The number of nitro groups is 1. The van der Waals surface area contributed by atoms with Crippen LogP contribution in [0, 0.1) is 10.1 Å². The van der Waals surface area contributed by atoms with E-state index in [-0.39, 0.29) is 17.3 Å². The lowest BCUT2D eigenvalue weighted by atomic mass is 10.1. The van der Waals surface area contributed by atoms with Crippen molar-refractivity contribution in [2.24, 2.45) is 7.05 Å². The Morgan fingerprint density at radius 1 is 1.06 bits per heavy atom. The van der Waals surface area contributed by atoms with Crippen molar-refractivity contribution in [3.8, 4) is 0 Å². The van der Waals surface area contributed by atoms with Gasteiger partial charge in [-0.2, -0.15) is 0 Å². The fourth-order valence-electron chi connectivity index (χ4n) is 3.50. The number of hydrogen-bond donors (Lipinski definition) is 2. The standard InChI is InChI=1S/C23H21N5O3/c1-15(22-26-18-10-6-7-11-20(18)27(22)2)24-23(29)16-12-13-19(21(14-16)28(30)31)25-17-8-4-3-5-9-17/h3-15,25H,1-2H3,(H,24,29)/t15-/m1/s1. The van der Waals surface area contributed by atoms with Crippen LogP contribution in [0.1, 0.15) is 29.1 Å². The Bertz CT molecular complexity index is 1270. The third-order valence-electron chi connectivity index (χ3n) is 5.07. The summed E-state index contributed by atoms with van der Waals surface area (Å²) in [6.45, 7) is 1.83. The van der Waals surface area contributed by atoms with E-state index in [0.717, 1.165) is 16.7 Å². The van der Waals surface area contributed by atoms with Gasteiger partial charge < -0.3 is 15.2 Å². The van der Waals surface area contributed by atoms with Gasteiger partial charge >= 0.3 is 0 Å². The highest BCUT2D eigenvalue weighted by Crippen LogP contribution is 2.29. The molecule has 156 valence electrons. The molecule has 4 rings (SSSR count). The van der Waals surface area contributed by atoms with Crippen molar-refractivity contribution in [1.29, 1.82) is 0 Å². The number of amides is 1. The molecule has 1 amide bonds. The minimum absolute atomic E-state index is 0.174. The van der Waals surface area contributed by atoms with Gasteiger partial charge in [0.05, 0.1) is 22.0 Å². The van der Waals surface area contributed by atoms with Crippen LogP contribution in [0.3, 0.4) is 0 Å². The molecule has 31 heavy (non-hydrogen) atoms. The molecular formula is C23H21N5O3. The highest BCUT2D eigenvalue weighted by molar-refractivity contribution is 5.96. The van der Waals surface area contributed by atoms with Gasteiger partial charge in [-0.15, -0.1) is 0 Å². The highest BCUT2D eigenvalue weighted by Gasteiger charge is 2.21. The summed E-state index contributed by atoms with van der Waals surface area (Å²) in [7, 11) is 1.89. The monoisotopic (exact) mass is 415 g/mol. The van der Waals surface area contributed by atoms with Crippen LogP contribution in [0.4, 0.5) is 17.1 Å². The van der Waals surface area contributed by atoms with E-state index in [1.165, 1.54) is 6.07 Å². The Hall–Kier alpha value is -4.20. The van der Waals surface area contributed by atoms with Gasteiger partial charge in [0.2, 0.25) is 0 Å². The lowest BCUT2D eigenvalue weighted by Gasteiger charge is -2.14. The summed E-state index contributed by atoms with van der Waals surface area (Å²) in [5.41, 5.74) is 2.87. The van der Waals surface area contributed by atoms with E-state index in [2.05, 4.69) is 15.6 Å². The quantitative estimate of drug-likeness (QED) is 0.351. The highest BCUT2D eigenvalue weighted by atomic mass is 16.6. The van der Waals surface area contributed by atoms with Crippen molar-refractivity contribution < 1.29 is 9.72 Å². The van der Waals surface area contributed by atoms with Gasteiger partial charge in [0.15, 0.2) is 0 Å². The molecule has 0 spiro atoms. The van der Waals surface area contributed by atoms with Crippen molar-refractivity contribution in [3.63, 3.8) is 0 Å². The normalized spacial score (nSPS) is 11.8. The van der Waals surface area contributed by atoms with E-state index < -0.39 is 10.8 Å². The molecule has 0 aliphatic heterocycles. The third kappa shape index (κ3) is 4.09. The molecule has 1 atom stereocenters. The van der Waals surface area contributed by atoms with Gasteiger partial charge in [-0.05, 0) is 43.3 Å². The molecule has 0 radical (unpaired) electrons. The lowest BCUT2D eigenvalue weighted by Crippen LogP contribution is -2.28. The average Bonchev–Trinajstić information content (AvgIpc) is 3.11. The second kappa shape index (κ2) is 8.27. The predicted molar refractivity (Wildman–Crippen MR) is 119 cm³/mol. The zero-order valence-corrected chi connectivity index (χ0v) is 17.1. The minimum Gasteiger partial charge on any atom is -0.350 e. The number of benzene rings is 3. The van der Waals surface area contributed by atoms with Crippen LogP contribution in [0.15, 0.2) is 72.8 Å². The Kier molecular flexibility index (Phi) is 5.36. The minimum atomic E-state index is -0.503. The van der Waals surface area contributed by atoms with Gasteiger partial charge in [-0.3, -0.25) is 14.9 Å². The summed E-state index contributed by atoms with van der Waals surface area (Å²) in [6.07, 6.45) is 0. The molecule has 8 nitrogen and oxygen atoms in total. The van der Waals surface area contributed by atoms with Crippen LogP contribution in [0.2, 0.25) is 0 Å². The first-order valence-electron chi connectivity index (χ1n) is 9.77. The maximum Gasteiger partial charge on any atom is 0.293 e.